The summed E-state index contributed by atoms with van der Waals surface area (Å²) in [5, 5.41) is 0. The third kappa shape index (κ3) is 3.17. The van der Waals surface area contributed by atoms with Crippen molar-refractivity contribution in [3.05, 3.63) is 42.6 Å². The number of imidazole rings is 1. The molecule has 2 N–H and O–H groups in total. The van der Waals surface area contributed by atoms with Gasteiger partial charge in [0.2, 0.25) is 0 Å². The van der Waals surface area contributed by atoms with E-state index in [1.54, 1.807) is 6.33 Å². The number of hydrogen-bond acceptors (Lipinski definition) is 4. The maximum atomic E-state index is 5.62. The molecule has 1 fully saturated rings. The molecule has 0 radical (unpaired) electrons. The average molecular weight is 271 g/mol. The van der Waals surface area contributed by atoms with Crippen LogP contribution in [0.15, 0.2) is 37.1 Å². The van der Waals surface area contributed by atoms with Crippen LogP contribution in [0.2, 0.25) is 0 Å². The zero-order valence-corrected chi connectivity index (χ0v) is 11.7. The van der Waals surface area contributed by atoms with Gasteiger partial charge >= 0.3 is 0 Å². The quantitative estimate of drug-likeness (QED) is 0.920. The number of pyridine rings is 1. The molecule has 0 amide bonds. The zero-order valence-electron chi connectivity index (χ0n) is 11.7. The van der Waals surface area contributed by atoms with Crippen LogP contribution in [0.1, 0.15) is 24.3 Å². The van der Waals surface area contributed by atoms with E-state index >= 15 is 0 Å². The minimum atomic E-state index is 0.599. The first kappa shape index (κ1) is 13.1. The van der Waals surface area contributed by atoms with E-state index in [0.29, 0.717) is 11.7 Å². The first-order chi connectivity index (χ1) is 9.81. The summed E-state index contributed by atoms with van der Waals surface area (Å²) < 4.78 is 2.06. The third-order valence-corrected chi connectivity index (χ3v) is 4.09. The molecule has 20 heavy (non-hydrogen) atoms. The number of nitrogens with zero attached hydrogens (tertiary/aromatic N) is 4. The Hall–Kier alpha value is -1.88. The smallest absolute Gasteiger partial charge is 0.141 e. The second-order valence-electron chi connectivity index (χ2n) is 5.43. The zero-order chi connectivity index (χ0) is 13.8. The summed E-state index contributed by atoms with van der Waals surface area (Å²) in [4.78, 5) is 10.7. The minimum Gasteiger partial charge on any atom is -0.382 e. The molecule has 1 aliphatic rings. The van der Waals surface area contributed by atoms with Crippen LogP contribution >= 0.6 is 0 Å². The Bertz CT molecular complexity index is 528. The van der Waals surface area contributed by atoms with E-state index in [2.05, 4.69) is 31.6 Å². The van der Waals surface area contributed by atoms with Gasteiger partial charge in [-0.25, -0.2) is 4.98 Å². The van der Waals surface area contributed by atoms with Gasteiger partial charge in [-0.3, -0.25) is 4.98 Å². The molecule has 0 atom stereocenters. The number of nitrogen functional groups attached to an aromatic ring is 1. The van der Waals surface area contributed by atoms with Crippen molar-refractivity contribution in [2.24, 2.45) is 0 Å². The number of rotatable bonds is 4. The lowest BCUT2D eigenvalue weighted by atomic mass is 9.90. The molecule has 0 unspecified atom stereocenters. The highest BCUT2D eigenvalue weighted by Gasteiger charge is 2.20. The van der Waals surface area contributed by atoms with Gasteiger partial charge in [-0.2, -0.15) is 0 Å². The lowest BCUT2D eigenvalue weighted by Gasteiger charge is -2.32. The Morgan fingerprint density at radius 1 is 1.15 bits per heavy atom. The number of likely N-dealkylation sites (tertiary alicyclic amines) is 1. The van der Waals surface area contributed by atoms with Crippen molar-refractivity contribution in [3.8, 4) is 0 Å². The minimum absolute atomic E-state index is 0.599. The average Bonchev–Trinajstić information content (AvgIpc) is 2.92. The lowest BCUT2D eigenvalue weighted by Crippen LogP contribution is -2.35. The number of aromatic nitrogens is 3. The summed E-state index contributed by atoms with van der Waals surface area (Å²) in [5.41, 5.74) is 7.05. The van der Waals surface area contributed by atoms with Crippen molar-refractivity contribution in [3.63, 3.8) is 0 Å². The predicted octanol–water partition coefficient (Wildman–Crippen LogP) is 1.74. The van der Waals surface area contributed by atoms with Crippen LogP contribution in [-0.2, 0) is 6.54 Å². The number of piperidine rings is 1. The van der Waals surface area contributed by atoms with Gasteiger partial charge < -0.3 is 15.2 Å². The largest absolute Gasteiger partial charge is 0.382 e. The number of nitrogens with two attached hydrogens (primary N) is 1. The van der Waals surface area contributed by atoms with Crippen LogP contribution < -0.4 is 5.73 Å². The summed E-state index contributed by atoms with van der Waals surface area (Å²) in [6.45, 7) is 4.36. The topological polar surface area (TPSA) is 60.0 Å². The van der Waals surface area contributed by atoms with Crippen molar-refractivity contribution < 1.29 is 0 Å². The first-order valence-corrected chi connectivity index (χ1v) is 7.21. The van der Waals surface area contributed by atoms with Crippen LogP contribution in [0.25, 0.3) is 0 Å². The highest BCUT2D eigenvalue weighted by atomic mass is 15.2. The molecular weight excluding hydrogens is 250 g/mol. The third-order valence-electron chi connectivity index (χ3n) is 4.09. The van der Waals surface area contributed by atoms with Crippen LogP contribution in [-0.4, -0.2) is 39.1 Å². The first-order valence-electron chi connectivity index (χ1n) is 7.21. The second kappa shape index (κ2) is 6.05. The van der Waals surface area contributed by atoms with Gasteiger partial charge in [-0.15, -0.1) is 0 Å². The second-order valence-corrected chi connectivity index (χ2v) is 5.43. The van der Waals surface area contributed by atoms with E-state index in [9.17, 15) is 0 Å². The van der Waals surface area contributed by atoms with Crippen LogP contribution in [0, 0.1) is 0 Å². The summed E-state index contributed by atoms with van der Waals surface area (Å²) in [6, 6.07) is 4.29. The molecule has 2 aromatic heterocycles. The molecule has 5 heteroatoms. The fourth-order valence-electron chi connectivity index (χ4n) is 2.88. The maximum absolute atomic E-state index is 5.62. The fourth-order valence-corrected chi connectivity index (χ4v) is 2.88. The van der Waals surface area contributed by atoms with Crippen LogP contribution in [0.4, 0.5) is 5.82 Å². The Labute approximate surface area is 119 Å². The Morgan fingerprint density at radius 2 is 1.90 bits per heavy atom. The number of anilines is 1. The van der Waals surface area contributed by atoms with E-state index in [1.165, 1.54) is 18.4 Å². The predicted molar refractivity (Wildman–Crippen MR) is 79.3 cm³/mol. The summed E-state index contributed by atoms with van der Waals surface area (Å²) >= 11 is 0. The SMILES string of the molecule is Nc1cn(CCN2CCC(c3ccncc3)CC2)cn1. The van der Waals surface area contributed by atoms with Crippen molar-refractivity contribution in [2.45, 2.75) is 25.3 Å². The highest BCUT2D eigenvalue weighted by Crippen LogP contribution is 2.27. The van der Waals surface area contributed by atoms with Crippen molar-refractivity contribution in [1.29, 1.82) is 0 Å². The van der Waals surface area contributed by atoms with Gasteiger partial charge in [0.25, 0.3) is 0 Å². The van der Waals surface area contributed by atoms with E-state index in [-0.39, 0.29) is 0 Å². The molecule has 106 valence electrons. The molecule has 0 aliphatic carbocycles. The molecule has 3 heterocycles. The normalized spacial score (nSPS) is 17.4. The standard InChI is InChI=1S/C15H21N5/c16-15-11-20(12-18-15)10-9-19-7-3-14(4-8-19)13-1-5-17-6-2-13/h1-2,5-6,11-12,14H,3-4,7-10,16H2. The van der Waals surface area contributed by atoms with Gasteiger partial charge in [0.05, 0.1) is 6.33 Å². The van der Waals surface area contributed by atoms with E-state index < -0.39 is 0 Å². The van der Waals surface area contributed by atoms with Crippen LogP contribution in [0.3, 0.4) is 0 Å². The van der Waals surface area contributed by atoms with Gasteiger partial charge in [-0.05, 0) is 49.5 Å². The van der Waals surface area contributed by atoms with Crippen molar-refractivity contribution in [2.75, 3.05) is 25.4 Å². The van der Waals surface area contributed by atoms with E-state index in [0.717, 1.165) is 26.2 Å². The lowest BCUT2D eigenvalue weighted by molar-refractivity contribution is 0.205. The monoisotopic (exact) mass is 271 g/mol. The molecule has 1 aliphatic heterocycles. The Morgan fingerprint density at radius 3 is 2.55 bits per heavy atom. The van der Waals surface area contributed by atoms with E-state index in [1.807, 2.05) is 18.6 Å². The van der Waals surface area contributed by atoms with Crippen molar-refractivity contribution >= 4 is 5.82 Å². The molecule has 0 aromatic carbocycles. The maximum Gasteiger partial charge on any atom is 0.141 e. The fraction of sp³-hybridized carbons (Fsp3) is 0.467. The van der Waals surface area contributed by atoms with Crippen LogP contribution in [0.5, 0.6) is 0 Å². The molecule has 0 saturated carbocycles. The Kier molecular flexibility index (Phi) is 3.97. The molecular formula is C15H21N5. The molecule has 0 bridgehead atoms. The summed E-state index contributed by atoms with van der Waals surface area (Å²) in [6.07, 6.45) is 9.95. The molecule has 0 spiro atoms. The van der Waals surface area contributed by atoms with Gasteiger partial charge in [0, 0.05) is 31.7 Å². The highest BCUT2D eigenvalue weighted by molar-refractivity contribution is 5.22. The van der Waals surface area contributed by atoms with Gasteiger partial charge in [0.1, 0.15) is 5.82 Å². The van der Waals surface area contributed by atoms with E-state index in [4.69, 9.17) is 5.73 Å². The molecule has 2 aromatic rings. The van der Waals surface area contributed by atoms with Crippen molar-refractivity contribution in [1.82, 2.24) is 19.4 Å². The van der Waals surface area contributed by atoms with Gasteiger partial charge in [0.15, 0.2) is 0 Å². The Balaban J connectivity index is 1.47. The molecule has 5 nitrogen and oxygen atoms in total. The summed E-state index contributed by atoms with van der Waals surface area (Å²) in [5.74, 6) is 1.29. The molecule has 3 rings (SSSR count). The molecule has 1 saturated heterocycles. The summed E-state index contributed by atoms with van der Waals surface area (Å²) in [7, 11) is 0. The van der Waals surface area contributed by atoms with Gasteiger partial charge in [-0.1, -0.05) is 0 Å². The number of hydrogen-bond donors (Lipinski definition) is 1.